The van der Waals surface area contributed by atoms with Gasteiger partial charge >= 0.3 is 0 Å². The maximum Gasteiger partial charge on any atom is 0.270 e. The van der Waals surface area contributed by atoms with Crippen molar-refractivity contribution in [2.24, 2.45) is 0 Å². The number of amides is 1. The monoisotopic (exact) mass is 374 g/mol. The first-order valence-corrected chi connectivity index (χ1v) is 8.58. The van der Waals surface area contributed by atoms with Crippen molar-refractivity contribution >= 4 is 22.4 Å². The Hall–Kier alpha value is -3.00. The lowest BCUT2D eigenvalue weighted by molar-refractivity contribution is -0.125. The Morgan fingerprint density at radius 2 is 2.00 bits per heavy atom. The third kappa shape index (κ3) is 3.23. The fourth-order valence-corrected chi connectivity index (χ4v) is 3.20. The molecule has 1 amide bonds. The average Bonchev–Trinajstić information content (AvgIpc) is 3.11. The molecular formula is C18H12F2N2O3S. The van der Waals surface area contributed by atoms with Crippen molar-refractivity contribution in [2.75, 3.05) is 11.9 Å². The summed E-state index contributed by atoms with van der Waals surface area (Å²) in [6.45, 7) is 0.0691. The first-order valence-electron chi connectivity index (χ1n) is 7.70. The van der Waals surface area contributed by atoms with Gasteiger partial charge in [0.1, 0.15) is 18.2 Å². The number of ether oxygens (including phenoxy) is 2. The SMILES string of the molecule is O=C(Nc1nc(-c2cc(F)ccc2F)cs1)C1COc2ccccc2O1. The third-order valence-corrected chi connectivity index (χ3v) is 4.50. The fraction of sp³-hybridized carbons (Fsp3) is 0.111. The standard InChI is InChI=1S/C18H12F2N2O3S/c19-10-5-6-12(20)11(7-10)13-9-26-18(21-13)22-17(23)16-8-24-14-3-1-2-4-15(14)25-16/h1-7,9,16H,8H2,(H,21,22,23). The topological polar surface area (TPSA) is 60.5 Å². The van der Waals surface area contributed by atoms with Gasteiger partial charge in [-0.1, -0.05) is 12.1 Å². The summed E-state index contributed by atoms with van der Waals surface area (Å²) >= 11 is 1.11. The van der Waals surface area contributed by atoms with Crippen LogP contribution >= 0.6 is 11.3 Å². The van der Waals surface area contributed by atoms with Gasteiger partial charge in [0, 0.05) is 10.9 Å². The smallest absolute Gasteiger partial charge is 0.270 e. The van der Waals surface area contributed by atoms with Crippen LogP contribution in [0, 0.1) is 11.6 Å². The summed E-state index contributed by atoms with van der Waals surface area (Å²) in [5.41, 5.74) is 0.279. The first-order chi connectivity index (χ1) is 12.6. The highest BCUT2D eigenvalue weighted by molar-refractivity contribution is 7.14. The number of nitrogens with one attached hydrogen (secondary N) is 1. The summed E-state index contributed by atoms with van der Waals surface area (Å²) in [6, 6.07) is 10.2. The van der Waals surface area contributed by atoms with E-state index in [9.17, 15) is 13.6 Å². The summed E-state index contributed by atoms with van der Waals surface area (Å²) in [5.74, 6) is -0.517. The number of fused-ring (bicyclic) bond motifs is 1. The molecule has 0 saturated heterocycles. The van der Waals surface area contributed by atoms with E-state index in [1.54, 1.807) is 23.6 Å². The molecule has 0 bridgehead atoms. The van der Waals surface area contributed by atoms with Gasteiger partial charge < -0.3 is 9.47 Å². The molecule has 1 aliphatic heterocycles. The number of hydrogen-bond acceptors (Lipinski definition) is 5. The van der Waals surface area contributed by atoms with Crippen molar-refractivity contribution in [1.82, 2.24) is 4.98 Å². The minimum atomic E-state index is -0.830. The van der Waals surface area contributed by atoms with Crippen LogP contribution in [-0.4, -0.2) is 23.6 Å². The van der Waals surface area contributed by atoms with Crippen LogP contribution in [-0.2, 0) is 4.79 Å². The second-order valence-corrected chi connectivity index (χ2v) is 6.37. The molecule has 132 valence electrons. The van der Waals surface area contributed by atoms with Gasteiger partial charge in [0.2, 0.25) is 6.10 Å². The molecule has 2 aromatic carbocycles. The van der Waals surface area contributed by atoms with Gasteiger partial charge in [-0.15, -0.1) is 11.3 Å². The molecule has 3 aromatic rings. The molecule has 4 rings (SSSR count). The number of aromatic nitrogens is 1. The average molecular weight is 374 g/mol. The number of nitrogens with zero attached hydrogens (tertiary/aromatic N) is 1. The highest BCUT2D eigenvalue weighted by Crippen LogP contribution is 2.32. The van der Waals surface area contributed by atoms with Crippen molar-refractivity contribution in [1.29, 1.82) is 0 Å². The number of benzene rings is 2. The van der Waals surface area contributed by atoms with E-state index >= 15 is 0 Å². The fourth-order valence-electron chi connectivity index (χ4n) is 2.48. The lowest BCUT2D eigenvalue weighted by atomic mass is 10.1. The van der Waals surface area contributed by atoms with Crippen molar-refractivity contribution in [3.8, 4) is 22.8 Å². The molecule has 0 radical (unpaired) electrons. The van der Waals surface area contributed by atoms with Gasteiger partial charge in [0.15, 0.2) is 16.6 Å². The summed E-state index contributed by atoms with van der Waals surface area (Å²) < 4.78 is 38.3. The number of carbonyl (C=O) groups is 1. The molecule has 1 aromatic heterocycles. The molecule has 1 aliphatic rings. The number of halogens is 2. The number of anilines is 1. The van der Waals surface area contributed by atoms with Crippen LogP contribution in [0.2, 0.25) is 0 Å². The summed E-state index contributed by atoms with van der Waals surface area (Å²) in [7, 11) is 0. The van der Waals surface area contributed by atoms with Crippen LogP contribution in [0.4, 0.5) is 13.9 Å². The summed E-state index contributed by atoms with van der Waals surface area (Å²) in [5, 5.41) is 4.42. The van der Waals surface area contributed by atoms with E-state index in [0.29, 0.717) is 11.5 Å². The van der Waals surface area contributed by atoms with Crippen LogP contribution in [0.1, 0.15) is 0 Å². The Morgan fingerprint density at radius 1 is 1.19 bits per heavy atom. The minimum absolute atomic E-state index is 0.0351. The molecular weight excluding hydrogens is 362 g/mol. The summed E-state index contributed by atoms with van der Waals surface area (Å²) in [4.78, 5) is 16.5. The van der Waals surface area contributed by atoms with E-state index < -0.39 is 23.6 Å². The molecule has 5 nitrogen and oxygen atoms in total. The van der Waals surface area contributed by atoms with E-state index in [1.807, 2.05) is 6.07 Å². The Labute approximate surface area is 151 Å². The van der Waals surface area contributed by atoms with E-state index in [4.69, 9.17) is 9.47 Å². The summed E-state index contributed by atoms with van der Waals surface area (Å²) in [6.07, 6.45) is -0.830. The van der Waals surface area contributed by atoms with Crippen LogP contribution < -0.4 is 14.8 Å². The lowest BCUT2D eigenvalue weighted by Crippen LogP contribution is -2.40. The van der Waals surface area contributed by atoms with E-state index in [-0.39, 0.29) is 23.0 Å². The van der Waals surface area contributed by atoms with Crippen LogP contribution in [0.25, 0.3) is 11.3 Å². The molecule has 1 N–H and O–H groups in total. The number of thiazole rings is 1. The van der Waals surface area contributed by atoms with Gasteiger partial charge in [-0.3, -0.25) is 10.1 Å². The minimum Gasteiger partial charge on any atom is -0.485 e. The van der Waals surface area contributed by atoms with Gasteiger partial charge in [0.25, 0.3) is 5.91 Å². The van der Waals surface area contributed by atoms with Crippen LogP contribution in [0.5, 0.6) is 11.5 Å². The zero-order chi connectivity index (χ0) is 18.1. The largest absolute Gasteiger partial charge is 0.485 e. The van der Waals surface area contributed by atoms with E-state index in [2.05, 4.69) is 10.3 Å². The van der Waals surface area contributed by atoms with Gasteiger partial charge in [-0.25, -0.2) is 13.8 Å². The van der Waals surface area contributed by atoms with Gasteiger partial charge in [-0.05, 0) is 30.3 Å². The maximum absolute atomic E-state index is 13.8. The van der Waals surface area contributed by atoms with E-state index in [1.165, 1.54) is 0 Å². The molecule has 2 heterocycles. The molecule has 0 fully saturated rings. The normalized spacial score (nSPS) is 15.5. The molecule has 26 heavy (non-hydrogen) atoms. The molecule has 1 unspecified atom stereocenters. The predicted molar refractivity (Wildman–Crippen MR) is 92.4 cm³/mol. The number of rotatable bonds is 3. The van der Waals surface area contributed by atoms with Crippen molar-refractivity contribution < 1.29 is 23.0 Å². The first kappa shape index (κ1) is 16.5. The highest BCUT2D eigenvalue weighted by Gasteiger charge is 2.28. The Kier molecular flexibility index (Phi) is 4.26. The second-order valence-electron chi connectivity index (χ2n) is 5.52. The van der Waals surface area contributed by atoms with Crippen LogP contribution in [0.15, 0.2) is 47.8 Å². The Morgan fingerprint density at radius 3 is 2.85 bits per heavy atom. The van der Waals surface area contributed by atoms with Crippen molar-refractivity contribution in [2.45, 2.75) is 6.10 Å². The predicted octanol–water partition coefficient (Wildman–Crippen LogP) is 3.87. The number of para-hydroxylation sites is 2. The number of hydrogen-bond donors (Lipinski definition) is 1. The van der Waals surface area contributed by atoms with Crippen LogP contribution in [0.3, 0.4) is 0 Å². The van der Waals surface area contributed by atoms with Crippen molar-refractivity contribution in [3.63, 3.8) is 0 Å². The molecule has 0 saturated carbocycles. The maximum atomic E-state index is 13.8. The quantitative estimate of drug-likeness (QED) is 0.756. The molecule has 0 spiro atoms. The zero-order valence-corrected chi connectivity index (χ0v) is 14.1. The second kappa shape index (κ2) is 6.72. The molecule has 8 heteroatoms. The zero-order valence-electron chi connectivity index (χ0n) is 13.2. The van der Waals surface area contributed by atoms with E-state index in [0.717, 1.165) is 29.5 Å². The van der Waals surface area contributed by atoms with Gasteiger partial charge in [0.05, 0.1) is 5.69 Å². The highest BCUT2D eigenvalue weighted by atomic mass is 32.1. The number of carbonyl (C=O) groups excluding carboxylic acids is 1. The third-order valence-electron chi connectivity index (χ3n) is 3.74. The molecule has 0 aliphatic carbocycles. The van der Waals surface area contributed by atoms with Gasteiger partial charge in [-0.2, -0.15) is 0 Å². The van der Waals surface area contributed by atoms with Crippen molar-refractivity contribution in [3.05, 3.63) is 59.5 Å². The Balaban J connectivity index is 1.48. The lowest BCUT2D eigenvalue weighted by Gasteiger charge is -2.25. The molecule has 1 atom stereocenters. The Bertz CT molecular complexity index is 977.